The van der Waals surface area contributed by atoms with E-state index in [2.05, 4.69) is 0 Å². The van der Waals surface area contributed by atoms with Crippen molar-refractivity contribution in [2.45, 2.75) is 0 Å². The van der Waals surface area contributed by atoms with E-state index in [1.807, 2.05) is 0 Å². The molecule has 52 valence electrons. The van der Waals surface area contributed by atoms with Crippen molar-refractivity contribution in [2.75, 3.05) is 0 Å². The van der Waals surface area contributed by atoms with Crippen LogP contribution in [-0.4, -0.2) is 93.4 Å². The first-order valence-corrected chi connectivity index (χ1v) is 0.494. The molecule has 0 radical (unpaired) electrons. The van der Waals surface area contributed by atoms with Gasteiger partial charge in [-0.3, -0.25) is 0 Å². The van der Waals surface area contributed by atoms with E-state index < -0.39 is 0 Å². The van der Waals surface area contributed by atoms with Gasteiger partial charge in [0, 0.05) is 0 Å². The average molecular weight is 164 g/mol. The first-order chi connectivity index (χ1) is 1.41. The molecule has 9 N–H and O–H groups in total. The Morgan fingerprint density at radius 1 is 0.889 bits per heavy atom. The normalized spacial score (nSPS) is 0.889. The van der Waals surface area contributed by atoms with Gasteiger partial charge in [0.15, 0.2) is 0 Å². The second kappa shape index (κ2) is 110. The Hall–Kier alpha value is 1.50. The fraction of sp³-hybridized carbons (Fsp3) is 0. The summed E-state index contributed by atoms with van der Waals surface area (Å²) in [6.45, 7) is 0. The van der Waals surface area contributed by atoms with Crippen molar-refractivity contribution >= 4 is 66.5 Å². The van der Waals surface area contributed by atoms with Crippen molar-refractivity contribution < 1.29 is 31.6 Å². The predicted molar refractivity (Wildman–Crippen MR) is 37.4 cm³/mol. The van der Waals surface area contributed by atoms with Gasteiger partial charge in [-0.05, 0) is 0 Å². The third-order valence-electron chi connectivity index (χ3n) is 0. The standard InChI is InChI=1S/BHO2.2Na.4H2O.2H/c2-1-3;;;;;;;;/h2H;;;4*1H2;;. The van der Waals surface area contributed by atoms with E-state index in [9.17, 15) is 0 Å². The van der Waals surface area contributed by atoms with Crippen molar-refractivity contribution in [1.82, 2.24) is 0 Å². The van der Waals surface area contributed by atoms with E-state index in [1.54, 1.807) is 0 Å². The summed E-state index contributed by atoms with van der Waals surface area (Å²) < 4.78 is 8.36. The van der Waals surface area contributed by atoms with Crippen LogP contribution in [0.1, 0.15) is 0 Å². The molecule has 0 unspecified atom stereocenters. The van der Waals surface area contributed by atoms with E-state index in [4.69, 9.17) is 9.73 Å². The monoisotopic (exact) mass is 164 g/mol. The van der Waals surface area contributed by atoms with Gasteiger partial charge in [-0.1, -0.05) is 0 Å². The Morgan fingerprint density at radius 2 is 0.889 bits per heavy atom. The summed E-state index contributed by atoms with van der Waals surface area (Å²) in [5.41, 5.74) is 0. The van der Waals surface area contributed by atoms with Crippen molar-refractivity contribution in [2.24, 2.45) is 0 Å². The van der Waals surface area contributed by atoms with Gasteiger partial charge in [0.2, 0.25) is 0 Å². The zero-order valence-corrected chi connectivity index (χ0v) is 3.43. The van der Waals surface area contributed by atoms with Crippen LogP contribution in [0.25, 0.3) is 0 Å². The molecule has 0 atom stereocenters. The zero-order chi connectivity index (χ0) is 2.71. The van der Waals surface area contributed by atoms with Crippen molar-refractivity contribution in [1.29, 1.82) is 0 Å². The quantitative estimate of drug-likeness (QED) is 0.353. The van der Waals surface area contributed by atoms with Crippen LogP contribution in [0.2, 0.25) is 0 Å². The molecule has 9 heavy (non-hydrogen) atoms. The maximum atomic E-state index is 8.36. The summed E-state index contributed by atoms with van der Waals surface area (Å²) in [5.74, 6) is 0. The fourth-order valence-electron chi connectivity index (χ4n) is 0. The summed E-state index contributed by atoms with van der Waals surface area (Å²) in [5, 5.41) is 6.89. The van der Waals surface area contributed by atoms with Gasteiger partial charge >= 0.3 is 76.2 Å². The maximum absolute atomic E-state index is 8.36. The molecule has 0 saturated heterocycles. The Kier molecular flexibility index (Phi) is 941. The fourth-order valence-corrected chi connectivity index (χ4v) is 0. The van der Waals surface area contributed by atoms with E-state index in [-0.39, 0.29) is 88.4 Å². The Morgan fingerprint density at radius 3 is 0.889 bits per heavy atom. The van der Waals surface area contributed by atoms with Crippen molar-refractivity contribution in [3.8, 4) is 0 Å². The molecule has 0 fully saturated rings. The van der Waals surface area contributed by atoms with Gasteiger partial charge in [-0.2, -0.15) is 0 Å². The summed E-state index contributed by atoms with van der Waals surface area (Å²) in [6, 6.07) is 0. The van der Waals surface area contributed by atoms with Crippen LogP contribution < -0.4 is 0 Å². The van der Waals surface area contributed by atoms with Gasteiger partial charge < -0.3 is 21.9 Å². The predicted octanol–water partition coefficient (Wildman–Crippen LogP) is -5.65. The van der Waals surface area contributed by atoms with Crippen LogP contribution in [0.3, 0.4) is 0 Å². The van der Waals surface area contributed by atoms with E-state index in [0.29, 0.717) is 0 Å². The van der Waals surface area contributed by atoms with Crippen LogP contribution >= 0.6 is 0 Å². The minimum absolute atomic E-state index is 0. The molecule has 9 heteroatoms. The first kappa shape index (κ1) is 77.3. The molecule has 0 heterocycles. The third-order valence-corrected chi connectivity index (χ3v) is 0. The van der Waals surface area contributed by atoms with Crippen LogP contribution in [0.4, 0.5) is 0 Å². The molecule has 6 nitrogen and oxygen atoms in total. The molecule has 0 aliphatic heterocycles. The molecular formula is H11BNa2O6. The molecule has 0 aromatic rings. The van der Waals surface area contributed by atoms with Gasteiger partial charge in [0.05, 0.1) is 0 Å². The topological polar surface area (TPSA) is 163 Å². The number of hydrogen-bond acceptors (Lipinski definition) is 1. The van der Waals surface area contributed by atoms with E-state index in [0.717, 1.165) is 0 Å². The molecule has 0 aromatic carbocycles. The van der Waals surface area contributed by atoms with Crippen LogP contribution in [0.15, 0.2) is 0 Å². The number of hydrogen-bond donors (Lipinski definition) is 1. The second-order valence-electron chi connectivity index (χ2n) is 0.105. The Balaban J connectivity index is -0.00000000133. The summed E-state index contributed by atoms with van der Waals surface area (Å²) >= 11 is 0. The minimum atomic E-state index is -0.250. The molecule has 0 rings (SSSR count). The summed E-state index contributed by atoms with van der Waals surface area (Å²) in [7, 11) is -0.250. The molecular weight excluding hydrogens is 153 g/mol. The molecule has 0 bridgehead atoms. The van der Waals surface area contributed by atoms with Gasteiger partial charge in [-0.25, -0.2) is 0 Å². The third kappa shape index (κ3) is 236. The van der Waals surface area contributed by atoms with Crippen molar-refractivity contribution in [3.05, 3.63) is 0 Å². The summed E-state index contributed by atoms with van der Waals surface area (Å²) in [6.07, 6.45) is 0. The van der Waals surface area contributed by atoms with E-state index >= 15 is 0 Å². The van der Waals surface area contributed by atoms with Gasteiger partial charge in [0.25, 0.3) is 0 Å². The van der Waals surface area contributed by atoms with Gasteiger partial charge in [0.1, 0.15) is 0 Å². The Bertz CT molecular complexity index is 18.5. The van der Waals surface area contributed by atoms with E-state index in [1.165, 1.54) is 0 Å². The van der Waals surface area contributed by atoms with Crippen LogP contribution in [0, 0.1) is 0 Å². The van der Waals surface area contributed by atoms with Gasteiger partial charge in [-0.15, -0.1) is 0 Å². The Labute approximate surface area is 97.1 Å². The first-order valence-electron chi connectivity index (χ1n) is 0.494. The second-order valence-corrected chi connectivity index (χ2v) is 0.105. The molecule has 0 saturated carbocycles. The number of rotatable bonds is 0. The zero-order valence-electron chi connectivity index (χ0n) is 3.43. The van der Waals surface area contributed by atoms with Crippen LogP contribution in [0.5, 0.6) is 0 Å². The SMILES string of the molecule is O.O.O.O.O=BO.[NaH].[NaH]. The average Bonchev–Trinajstić information content (AvgIpc) is 0.918. The van der Waals surface area contributed by atoms with Crippen LogP contribution in [-0.2, 0) is 4.70 Å². The molecule has 0 aliphatic rings. The molecule has 0 spiro atoms. The van der Waals surface area contributed by atoms with Crippen molar-refractivity contribution in [3.63, 3.8) is 0 Å². The molecule has 0 aliphatic carbocycles. The molecule has 0 aromatic heterocycles. The summed E-state index contributed by atoms with van der Waals surface area (Å²) in [4.78, 5) is 0. The molecule has 0 amide bonds.